The highest BCUT2D eigenvalue weighted by Gasteiger charge is 2.43. The number of phenolic OH excluding ortho intramolecular Hbond substituents is 1. The number of benzene rings is 1. The molecule has 172 valence electrons. The average molecular weight is 440 g/mol. The standard InChI is InChI=1S/C24H42NO4P/c1-9-28-30(27,29-10-2)22(25-14-12-11-13-15-25)18-16-19(23(3,4)5)21(26)20(17-18)24(6,7)8/h16-17,22,26H,9-15H2,1-8H3/t22-/m0/s1. The summed E-state index contributed by atoms with van der Waals surface area (Å²) in [5.41, 5.74) is 2.13. The van der Waals surface area contributed by atoms with Crippen LogP contribution in [0, 0.1) is 0 Å². The van der Waals surface area contributed by atoms with E-state index in [1.807, 2.05) is 26.0 Å². The van der Waals surface area contributed by atoms with E-state index in [0.717, 1.165) is 42.6 Å². The third kappa shape index (κ3) is 5.68. The maximum Gasteiger partial charge on any atom is 0.352 e. The Bertz CT molecular complexity index is 712. The molecule has 0 aliphatic carbocycles. The second kappa shape index (κ2) is 9.73. The predicted molar refractivity (Wildman–Crippen MR) is 125 cm³/mol. The van der Waals surface area contributed by atoms with E-state index >= 15 is 0 Å². The van der Waals surface area contributed by atoms with Gasteiger partial charge in [0.15, 0.2) is 0 Å². The van der Waals surface area contributed by atoms with Crippen molar-refractivity contribution in [3.63, 3.8) is 0 Å². The van der Waals surface area contributed by atoms with Crippen molar-refractivity contribution < 1.29 is 18.7 Å². The maximum atomic E-state index is 14.1. The van der Waals surface area contributed by atoms with Gasteiger partial charge in [0.2, 0.25) is 0 Å². The van der Waals surface area contributed by atoms with Gasteiger partial charge in [-0.15, -0.1) is 0 Å². The molecule has 2 rings (SSSR count). The van der Waals surface area contributed by atoms with Gasteiger partial charge in [-0.3, -0.25) is 9.46 Å². The van der Waals surface area contributed by atoms with Gasteiger partial charge in [0.1, 0.15) is 11.5 Å². The predicted octanol–water partition coefficient (Wildman–Crippen LogP) is 6.74. The highest BCUT2D eigenvalue weighted by molar-refractivity contribution is 7.54. The van der Waals surface area contributed by atoms with Crippen LogP contribution in [0.2, 0.25) is 0 Å². The van der Waals surface area contributed by atoms with Crippen LogP contribution in [0.15, 0.2) is 12.1 Å². The van der Waals surface area contributed by atoms with Crippen molar-refractivity contribution >= 4 is 7.60 Å². The fourth-order valence-electron chi connectivity index (χ4n) is 4.24. The number of likely N-dealkylation sites (tertiary alicyclic amines) is 1. The van der Waals surface area contributed by atoms with Crippen LogP contribution in [0.5, 0.6) is 5.75 Å². The summed E-state index contributed by atoms with van der Waals surface area (Å²) in [5.74, 6) is -0.140. The van der Waals surface area contributed by atoms with Crippen LogP contribution in [0.1, 0.15) is 97.1 Å². The molecule has 1 atom stereocenters. The van der Waals surface area contributed by atoms with E-state index in [2.05, 4.69) is 46.4 Å². The number of aromatic hydroxyl groups is 1. The topological polar surface area (TPSA) is 59.0 Å². The minimum Gasteiger partial charge on any atom is -0.507 e. The number of hydrogen-bond acceptors (Lipinski definition) is 5. The molecule has 5 nitrogen and oxygen atoms in total. The molecule has 1 saturated heterocycles. The summed E-state index contributed by atoms with van der Waals surface area (Å²) in [7, 11) is -3.43. The zero-order chi connectivity index (χ0) is 22.7. The van der Waals surface area contributed by atoms with Gasteiger partial charge < -0.3 is 14.2 Å². The van der Waals surface area contributed by atoms with Gasteiger partial charge >= 0.3 is 7.60 Å². The van der Waals surface area contributed by atoms with Crippen molar-refractivity contribution in [3.05, 3.63) is 28.8 Å². The van der Waals surface area contributed by atoms with E-state index in [4.69, 9.17) is 9.05 Å². The Balaban J connectivity index is 2.77. The van der Waals surface area contributed by atoms with E-state index in [9.17, 15) is 9.67 Å². The lowest BCUT2D eigenvalue weighted by Crippen LogP contribution is -2.35. The second-order valence-electron chi connectivity index (χ2n) is 10.3. The minimum atomic E-state index is -3.43. The van der Waals surface area contributed by atoms with Crippen molar-refractivity contribution in [2.45, 2.75) is 91.3 Å². The fourth-order valence-corrected chi connectivity index (χ4v) is 6.47. The molecule has 6 heteroatoms. The van der Waals surface area contributed by atoms with Gasteiger partial charge in [-0.1, -0.05) is 48.0 Å². The van der Waals surface area contributed by atoms with Gasteiger partial charge in [-0.25, -0.2) is 0 Å². The third-order valence-corrected chi connectivity index (χ3v) is 8.16. The van der Waals surface area contributed by atoms with Crippen LogP contribution in [-0.4, -0.2) is 36.3 Å². The summed E-state index contributed by atoms with van der Waals surface area (Å²) in [6, 6.07) is 4.04. The van der Waals surface area contributed by atoms with Crippen molar-refractivity contribution in [2.24, 2.45) is 0 Å². The SMILES string of the molecule is CCOP(=O)(OCC)[C@@H](c1cc(C(C)(C)C)c(O)c(C(C)(C)C)c1)N1CCCCC1. The van der Waals surface area contributed by atoms with Crippen molar-refractivity contribution in [3.8, 4) is 5.75 Å². The first-order chi connectivity index (χ1) is 13.8. The Morgan fingerprint density at radius 3 is 1.73 bits per heavy atom. The molecule has 0 unspecified atom stereocenters. The van der Waals surface area contributed by atoms with Crippen molar-refractivity contribution in [2.75, 3.05) is 26.3 Å². The summed E-state index contributed by atoms with van der Waals surface area (Å²) in [6.45, 7) is 18.7. The summed E-state index contributed by atoms with van der Waals surface area (Å²) in [6.07, 6.45) is 3.34. The first-order valence-corrected chi connectivity index (χ1v) is 13.0. The van der Waals surface area contributed by atoms with Gasteiger partial charge in [0.05, 0.1) is 13.2 Å². The molecule has 1 fully saturated rings. The molecule has 1 heterocycles. The number of phenols is 1. The number of hydrogen-bond donors (Lipinski definition) is 1. The molecule has 1 aliphatic heterocycles. The minimum absolute atomic E-state index is 0.256. The summed E-state index contributed by atoms with van der Waals surface area (Å²) >= 11 is 0. The average Bonchev–Trinajstić information content (AvgIpc) is 2.62. The van der Waals surface area contributed by atoms with Gasteiger partial charge in [0.25, 0.3) is 0 Å². The lowest BCUT2D eigenvalue weighted by Gasteiger charge is -2.39. The summed E-state index contributed by atoms with van der Waals surface area (Å²) < 4.78 is 25.8. The van der Waals surface area contributed by atoms with Gasteiger partial charge in [0, 0.05) is 0 Å². The lowest BCUT2D eigenvalue weighted by molar-refractivity contribution is 0.147. The second-order valence-corrected chi connectivity index (χ2v) is 12.4. The highest BCUT2D eigenvalue weighted by atomic mass is 31.2. The van der Waals surface area contributed by atoms with Crippen molar-refractivity contribution in [1.29, 1.82) is 0 Å². The highest BCUT2D eigenvalue weighted by Crippen LogP contribution is 2.63. The van der Waals surface area contributed by atoms with E-state index in [0.29, 0.717) is 19.0 Å². The van der Waals surface area contributed by atoms with Crippen LogP contribution < -0.4 is 0 Å². The molecule has 0 amide bonds. The normalized spacial score (nSPS) is 17.9. The van der Waals surface area contributed by atoms with Crippen LogP contribution in [-0.2, 0) is 24.4 Å². The first-order valence-electron chi connectivity index (χ1n) is 11.4. The molecule has 0 spiro atoms. The van der Waals surface area contributed by atoms with Crippen LogP contribution in [0.25, 0.3) is 0 Å². The fraction of sp³-hybridized carbons (Fsp3) is 0.750. The molecule has 1 aliphatic rings. The number of nitrogens with zero attached hydrogens (tertiary/aromatic N) is 1. The lowest BCUT2D eigenvalue weighted by atomic mass is 9.78. The van der Waals surface area contributed by atoms with Gasteiger partial charge in [-0.2, -0.15) is 0 Å². The molecular weight excluding hydrogens is 397 g/mol. The first kappa shape index (κ1) is 25.4. The molecule has 0 saturated carbocycles. The Morgan fingerprint density at radius 1 is 0.933 bits per heavy atom. The van der Waals surface area contributed by atoms with E-state index in [1.54, 1.807) is 0 Å². The summed E-state index contributed by atoms with van der Waals surface area (Å²) in [5, 5.41) is 11.1. The Labute approximate surface area is 183 Å². The third-order valence-electron chi connectivity index (χ3n) is 5.70. The molecule has 1 aromatic carbocycles. The van der Waals surface area contributed by atoms with Crippen LogP contribution in [0.3, 0.4) is 0 Å². The number of piperidine rings is 1. The summed E-state index contributed by atoms with van der Waals surface area (Å²) in [4.78, 5) is 2.26. The maximum absolute atomic E-state index is 14.1. The Morgan fingerprint density at radius 2 is 1.37 bits per heavy atom. The van der Waals surface area contributed by atoms with E-state index in [-0.39, 0.29) is 10.8 Å². The largest absolute Gasteiger partial charge is 0.507 e. The molecule has 0 radical (unpaired) electrons. The molecular formula is C24H42NO4P. The molecule has 0 bridgehead atoms. The van der Waals surface area contributed by atoms with Crippen LogP contribution in [0.4, 0.5) is 0 Å². The van der Waals surface area contributed by atoms with E-state index in [1.165, 1.54) is 6.42 Å². The quantitative estimate of drug-likeness (QED) is 0.477. The zero-order valence-corrected chi connectivity index (χ0v) is 21.1. The smallest absolute Gasteiger partial charge is 0.352 e. The Hall–Kier alpha value is -0.870. The Kier molecular flexibility index (Phi) is 8.23. The molecule has 0 aromatic heterocycles. The molecule has 1 N–H and O–H groups in total. The zero-order valence-electron chi connectivity index (χ0n) is 20.2. The molecule has 1 aromatic rings. The van der Waals surface area contributed by atoms with Crippen LogP contribution >= 0.6 is 7.60 Å². The van der Waals surface area contributed by atoms with Crippen molar-refractivity contribution in [1.82, 2.24) is 4.90 Å². The monoisotopic (exact) mass is 439 g/mol. The van der Waals surface area contributed by atoms with Gasteiger partial charge in [-0.05, 0) is 79.4 Å². The van der Waals surface area contributed by atoms with E-state index < -0.39 is 13.4 Å². The number of rotatable bonds is 7. The molecule has 30 heavy (non-hydrogen) atoms.